The van der Waals surface area contributed by atoms with Crippen LogP contribution in [0.5, 0.6) is 0 Å². The number of aliphatic hydroxyl groups excluding tert-OH is 3. The molecule has 0 aliphatic heterocycles. The van der Waals surface area contributed by atoms with Gasteiger partial charge >= 0.3 is 0 Å². The van der Waals surface area contributed by atoms with Crippen LogP contribution in [-0.2, 0) is 0 Å². The highest BCUT2D eigenvalue weighted by atomic mass is 16.3. The van der Waals surface area contributed by atoms with Crippen molar-refractivity contribution in [3.05, 3.63) is 0 Å². The second-order valence-electron chi connectivity index (χ2n) is 3.51. The van der Waals surface area contributed by atoms with Crippen molar-refractivity contribution >= 4 is 0 Å². The van der Waals surface area contributed by atoms with Crippen molar-refractivity contribution in [2.45, 2.75) is 38.5 Å². The van der Waals surface area contributed by atoms with Crippen LogP contribution in [0, 0.1) is 5.92 Å². The molecule has 13 heavy (non-hydrogen) atoms. The second kappa shape index (κ2) is 9.96. The van der Waals surface area contributed by atoms with Gasteiger partial charge in [0.15, 0.2) is 0 Å². The van der Waals surface area contributed by atoms with Crippen LogP contribution in [0.15, 0.2) is 0 Å². The normalized spacial score (nSPS) is 11.1. The van der Waals surface area contributed by atoms with Crippen LogP contribution in [0.4, 0.5) is 0 Å². The fourth-order valence-corrected chi connectivity index (χ4v) is 1.32. The van der Waals surface area contributed by atoms with E-state index < -0.39 is 0 Å². The summed E-state index contributed by atoms with van der Waals surface area (Å²) in [5.74, 6) is 0.0674. The minimum absolute atomic E-state index is 0.0674. The minimum Gasteiger partial charge on any atom is -0.396 e. The lowest BCUT2D eigenvalue weighted by molar-refractivity contribution is 0.141. The molecule has 0 rings (SSSR count). The standard InChI is InChI=1S/C10H22O3/c11-7-5-3-1-2-4-6-10(8-12)9-13/h10-13H,1-9H2. The first-order valence-corrected chi connectivity index (χ1v) is 5.17. The molecule has 0 saturated carbocycles. The van der Waals surface area contributed by atoms with Gasteiger partial charge in [0.25, 0.3) is 0 Å². The van der Waals surface area contributed by atoms with Crippen LogP contribution in [0.1, 0.15) is 38.5 Å². The number of unbranched alkanes of at least 4 members (excludes halogenated alkanes) is 4. The van der Waals surface area contributed by atoms with Gasteiger partial charge in [-0.25, -0.2) is 0 Å². The predicted octanol–water partition coefficient (Wildman–Crippen LogP) is 0.920. The largest absolute Gasteiger partial charge is 0.396 e. The third-order valence-corrected chi connectivity index (χ3v) is 2.29. The molecule has 0 fully saturated rings. The van der Waals surface area contributed by atoms with Gasteiger partial charge < -0.3 is 15.3 Å². The number of hydrogen-bond donors (Lipinski definition) is 3. The molecule has 0 unspecified atom stereocenters. The molecular formula is C10H22O3. The molecule has 0 saturated heterocycles. The van der Waals surface area contributed by atoms with Gasteiger partial charge in [-0.3, -0.25) is 0 Å². The Balaban J connectivity index is 3.05. The Morgan fingerprint density at radius 2 is 1.23 bits per heavy atom. The number of rotatable bonds is 9. The van der Waals surface area contributed by atoms with Gasteiger partial charge in [-0.1, -0.05) is 25.7 Å². The average molecular weight is 190 g/mol. The highest BCUT2D eigenvalue weighted by Gasteiger charge is 2.04. The quantitative estimate of drug-likeness (QED) is 0.474. The van der Waals surface area contributed by atoms with Gasteiger partial charge in [0.2, 0.25) is 0 Å². The Labute approximate surface area is 80.4 Å². The van der Waals surface area contributed by atoms with E-state index in [2.05, 4.69) is 0 Å². The van der Waals surface area contributed by atoms with Gasteiger partial charge in [-0.2, -0.15) is 0 Å². The molecule has 0 aromatic heterocycles. The second-order valence-corrected chi connectivity index (χ2v) is 3.51. The Hall–Kier alpha value is -0.120. The molecule has 3 heteroatoms. The van der Waals surface area contributed by atoms with Crippen molar-refractivity contribution in [3.63, 3.8) is 0 Å². The van der Waals surface area contributed by atoms with Crippen molar-refractivity contribution in [2.75, 3.05) is 19.8 Å². The van der Waals surface area contributed by atoms with Crippen LogP contribution >= 0.6 is 0 Å². The van der Waals surface area contributed by atoms with Crippen molar-refractivity contribution < 1.29 is 15.3 Å². The molecule has 0 spiro atoms. The van der Waals surface area contributed by atoms with E-state index in [0.29, 0.717) is 0 Å². The SMILES string of the molecule is OCCCCCCCC(CO)CO. The van der Waals surface area contributed by atoms with E-state index in [-0.39, 0.29) is 25.7 Å². The lowest BCUT2D eigenvalue weighted by atomic mass is 10.0. The highest BCUT2D eigenvalue weighted by molar-refractivity contribution is 4.55. The molecule has 80 valence electrons. The lowest BCUT2D eigenvalue weighted by Gasteiger charge is -2.09. The summed E-state index contributed by atoms with van der Waals surface area (Å²) in [5, 5.41) is 26.1. The molecule has 0 aromatic rings. The minimum atomic E-state index is 0.0674. The molecule has 3 N–H and O–H groups in total. The summed E-state index contributed by atoms with van der Waals surface area (Å²) in [6.45, 7) is 0.468. The Morgan fingerprint density at radius 1 is 0.692 bits per heavy atom. The molecular weight excluding hydrogens is 168 g/mol. The summed E-state index contributed by atoms with van der Waals surface area (Å²) < 4.78 is 0. The third kappa shape index (κ3) is 8.22. The van der Waals surface area contributed by atoms with Gasteiger partial charge in [0.1, 0.15) is 0 Å². The number of hydrogen-bond acceptors (Lipinski definition) is 3. The maximum atomic E-state index is 8.77. The zero-order valence-corrected chi connectivity index (χ0v) is 8.28. The summed E-state index contributed by atoms with van der Waals surface area (Å²) in [6, 6.07) is 0. The van der Waals surface area contributed by atoms with Crippen LogP contribution < -0.4 is 0 Å². The van der Waals surface area contributed by atoms with E-state index in [0.717, 1.165) is 38.5 Å². The Kier molecular flexibility index (Phi) is 9.87. The summed E-state index contributed by atoms with van der Waals surface area (Å²) in [4.78, 5) is 0. The van der Waals surface area contributed by atoms with E-state index in [1.807, 2.05) is 0 Å². The summed E-state index contributed by atoms with van der Waals surface area (Å²) in [7, 11) is 0. The Morgan fingerprint density at radius 3 is 1.77 bits per heavy atom. The molecule has 0 aliphatic rings. The molecule has 0 aliphatic carbocycles. The van der Waals surface area contributed by atoms with Crippen LogP contribution in [0.25, 0.3) is 0 Å². The molecule has 0 heterocycles. The summed E-state index contributed by atoms with van der Waals surface area (Å²) in [5.41, 5.74) is 0. The maximum absolute atomic E-state index is 8.77. The van der Waals surface area contributed by atoms with E-state index in [4.69, 9.17) is 15.3 Å². The monoisotopic (exact) mass is 190 g/mol. The van der Waals surface area contributed by atoms with E-state index in [9.17, 15) is 0 Å². The van der Waals surface area contributed by atoms with Crippen LogP contribution in [-0.4, -0.2) is 35.1 Å². The zero-order chi connectivity index (χ0) is 9.94. The number of aliphatic hydroxyl groups is 3. The average Bonchev–Trinajstić information content (AvgIpc) is 2.17. The predicted molar refractivity (Wildman–Crippen MR) is 52.4 cm³/mol. The smallest absolute Gasteiger partial charge is 0.0481 e. The van der Waals surface area contributed by atoms with Crippen LogP contribution in [0.3, 0.4) is 0 Å². The third-order valence-electron chi connectivity index (χ3n) is 2.29. The van der Waals surface area contributed by atoms with Crippen LogP contribution in [0.2, 0.25) is 0 Å². The van der Waals surface area contributed by atoms with E-state index in [1.54, 1.807) is 0 Å². The molecule has 0 aromatic carbocycles. The molecule has 3 nitrogen and oxygen atoms in total. The summed E-state index contributed by atoms with van der Waals surface area (Å²) in [6.07, 6.45) is 6.23. The van der Waals surface area contributed by atoms with E-state index in [1.165, 1.54) is 0 Å². The van der Waals surface area contributed by atoms with Crippen molar-refractivity contribution in [3.8, 4) is 0 Å². The Bertz CT molecular complexity index is 92.2. The molecule has 0 amide bonds. The fourth-order valence-electron chi connectivity index (χ4n) is 1.32. The maximum Gasteiger partial charge on any atom is 0.0481 e. The molecule has 0 atom stereocenters. The molecule has 0 radical (unpaired) electrons. The first-order chi connectivity index (χ1) is 6.35. The van der Waals surface area contributed by atoms with Crippen molar-refractivity contribution in [1.82, 2.24) is 0 Å². The van der Waals surface area contributed by atoms with Crippen molar-refractivity contribution in [1.29, 1.82) is 0 Å². The highest BCUT2D eigenvalue weighted by Crippen LogP contribution is 2.10. The van der Waals surface area contributed by atoms with E-state index >= 15 is 0 Å². The van der Waals surface area contributed by atoms with Gasteiger partial charge in [0, 0.05) is 25.7 Å². The lowest BCUT2D eigenvalue weighted by Crippen LogP contribution is -2.10. The fraction of sp³-hybridized carbons (Fsp3) is 1.00. The summed E-state index contributed by atoms with van der Waals surface area (Å²) >= 11 is 0. The van der Waals surface area contributed by atoms with Gasteiger partial charge in [-0.15, -0.1) is 0 Å². The van der Waals surface area contributed by atoms with Crippen molar-refractivity contribution in [2.24, 2.45) is 5.92 Å². The topological polar surface area (TPSA) is 60.7 Å². The first-order valence-electron chi connectivity index (χ1n) is 5.17. The first kappa shape index (κ1) is 12.9. The van der Waals surface area contributed by atoms with Gasteiger partial charge in [0.05, 0.1) is 0 Å². The zero-order valence-electron chi connectivity index (χ0n) is 8.28. The van der Waals surface area contributed by atoms with Gasteiger partial charge in [-0.05, 0) is 12.8 Å². The molecule has 0 bridgehead atoms.